The Morgan fingerprint density at radius 2 is 1.94 bits per heavy atom. The van der Waals surface area contributed by atoms with Gasteiger partial charge in [0.25, 0.3) is 0 Å². The molecule has 4 nitrogen and oxygen atoms in total. The zero-order valence-corrected chi connectivity index (χ0v) is 12.6. The third-order valence-electron chi connectivity index (χ3n) is 3.79. The molecule has 2 heterocycles. The average molecular weight is 271 g/mol. The van der Waals surface area contributed by atoms with Gasteiger partial charge in [0.05, 0.1) is 6.04 Å². The van der Waals surface area contributed by atoms with Crippen LogP contribution in [0.2, 0.25) is 0 Å². The highest BCUT2D eigenvalue weighted by Crippen LogP contribution is 2.29. The number of hydrogen-bond donors (Lipinski definition) is 1. The molecule has 1 unspecified atom stereocenters. The number of nitrogens with one attached hydrogen (secondary N) is 1. The van der Waals surface area contributed by atoms with E-state index in [-0.39, 0.29) is 10.8 Å². The molecule has 5 heteroatoms. The first-order valence-electron chi connectivity index (χ1n) is 6.87. The van der Waals surface area contributed by atoms with Gasteiger partial charge in [0.2, 0.25) is 5.91 Å². The molecule has 0 saturated carbocycles. The molecule has 2 fully saturated rings. The first kappa shape index (κ1) is 14.2. The number of carbonyl (C=O) groups is 1. The standard InChI is InChI=1S/C13H25N3OS/c1-11(15-6-4-14-5-7-15)12(17)16-8-9-18-13(2,3)10-16/h11,14H,4-10H2,1-3H3. The second kappa shape index (κ2) is 5.80. The molecule has 2 aliphatic heterocycles. The van der Waals surface area contributed by atoms with Crippen molar-refractivity contribution in [3.8, 4) is 0 Å². The Morgan fingerprint density at radius 3 is 2.56 bits per heavy atom. The summed E-state index contributed by atoms with van der Waals surface area (Å²) in [5.41, 5.74) is 0. The molecule has 0 aliphatic carbocycles. The molecule has 2 rings (SSSR count). The summed E-state index contributed by atoms with van der Waals surface area (Å²) in [6.07, 6.45) is 0. The quantitative estimate of drug-likeness (QED) is 0.799. The number of carbonyl (C=O) groups excluding carboxylic acids is 1. The number of nitrogens with zero attached hydrogens (tertiary/aromatic N) is 2. The van der Waals surface area contributed by atoms with Gasteiger partial charge in [-0.25, -0.2) is 0 Å². The topological polar surface area (TPSA) is 35.6 Å². The summed E-state index contributed by atoms with van der Waals surface area (Å²) in [6, 6.07) is 0.0333. The first-order valence-corrected chi connectivity index (χ1v) is 7.86. The lowest BCUT2D eigenvalue weighted by molar-refractivity contribution is -0.136. The summed E-state index contributed by atoms with van der Waals surface area (Å²) >= 11 is 1.97. The van der Waals surface area contributed by atoms with Crippen LogP contribution in [0.25, 0.3) is 0 Å². The minimum absolute atomic E-state index is 0.0333. The Kier molecular flexibility index (Phi) is 4.56. The summed E-state index contributed by atoms with van der Waals surface area (Å²) in [4.78, 5) is 16.9. The van der Waals surface area contributed by atoms with Gasteiger partial charge in [-0.1, -0.05) is 0 Å². The van der Waals surface area contributed by atoms with Crippen molar-refractivity contribution >= 4 is 17.7 Å². The summed E-state index contributed by atoms with van der Waals surface area (Å²) in [7, 11) is 0. The fraction of sp³-hybridized carbons (Fsp3) is 0.923. The summed E-state index contributed by atoms with van der Waals surface area (Å²) in [5.74, 6) is 1.37. The molecule has 1 amide bonds. The van der Waals surface area contributed by atoms with Crippen LogP contribution < -0.4 is 5.32 Å². The predicted octanol–water partition coefficient (Wildman–Crippen LogP) is 0.634. The lowest BCUT2D eigenvalue weighted by atomic mass is 10.1. The van der Waals surface area contributed by atoms with Crippen LogP contribution in [-0.4, -0.2) is 71.5 Å². The Morgan fingerprint density at radius 1 is 1.28 bits per heavy atom. The van der Waals surface area contributed by atoms with Crippen molar-refractivity contribution in [2.24, 2.45) is 0 Å². The van der Waals surface area contributed by atoms with E-state index in [4.69, 9.17) is 0 Å². The van der Waals surface area contributed by atoms with Gasteiger partial charge in [-0.2, -0.15) is 11.8 Å². The van der Waals surface area contributed by atoms with Crippen molar-refractivity contribution < 1.29 is 4.79 Å². The summed E-state index contributed by atoms with van der Waals surface area (Å²) in [5, 5.41) is 3.33. The van der Waals surface area contributed by atoms with Crippen LogP contribution in [0.4, 0.5) is 0 Å². The van der Waals surface area contributed by atoms with Crippen LogP contribution in [0.1, 0.15) is 20.8 Å². The molecule has 0 aromatic heterocycles. The molecular formula is C13H25N3OS. The maximum Gasteiger partial charge on any atom is 0.239 e. The number of thioether (sulfide) groups is 1. The monoisotopic (exact) mass is 271 g/mol. The highest BCUT2D eigenvalue weighted by molar-refractivity contribution is 8.00. The molecule has 0 spiro atoms. The molecule has 2 aliphatic rings. The van der Waals surface area contributed by atoms with Crippen molar-refractivity contribution in [1.82, 2.24) is 15.1 Å². The van der Waals surface area contributed by atoms with Crippen molar-refractivity contribution in [2.75, 3.05) is 45.0 Å². The van der Waals surface area contributed by atoms with Crippen LogP contribution in [0.15, 0.2) is 0 Å². The number of rotatable bonds is 2. The first-order chi connectivity index (χ1) is 8.49. The fourth-order valence-electron chi connectivity index (χ4n) is 2.69. The van der Waals surface area contributed by atoms with Crippen LogP contribution in [0, 0.1) is 0 Å². The third kappa shape index (κ3) is 3.39. The van der Waals surface area contributed by atoms with Crippen molar-refractivity contribution in [3.05, 3.63) is 0 Å². The maximum absolute atomic E-state index is 12.5. The predicted molar refractivity (Wildman–Crippen MR) is 77.0 cm³/mol. The van der Waals surface area contributed by atoms with E-state index >= 15 is 0 Å². The van der Waals surface area contributed by atoms with E-state index in [1.165, 1.54) is 0 Å². The third-order valence-corrected chi connectivity index (χ3v) is 5.09. The molecule has 0 bridgehead atoms. The molecule has 1 N–H and O–H groups in total. The molecule has 0 aromatic rings. The van der Waals surface area contributed by atoms with E-state index in [1.54, 1.807) is 0 Å². The van der Waals surface area contributed by atoms with Crippen LogP contribution in [0.5, 0.6) is 0 Å². The Bertz CT molecular complexity index is 303. The Labute approximate surface area is 114 Å². The second-order valence-corrected chi connectivity index (χ2v) is 7.63. The number of piperazine rings is 1. The van der Waals surface area contributed by atoms with Crippen molar-refractivity contribution in [1.29, 1.82) is 0 Å². The normalized spacial score (nSPS) is 26.9. The highest BCUT2D eigenvalue weighted by atomic mass is 32.2. The number of hydrogen-bond acceptors (Lipinski definition) is 4. The fourth-order valence-corrected chi connectivity index (χ4v) is 3.81. The zero-order valence-electron chi connectivity index (χ0n) is 11.7. The minimum Gasteiger partial charge on any atom is -0.339 e. The number of amides is 1. The van der Waals surface area contributed by atoms with Gasteiger partial charge in [-0.3, -0.25) is 9.69 Å². The largest absolute Gasteiger partial charge is 0.339 e. The van der Waals surface area contributed by atoms with E-state index in [0.717, 1.165) is 45.0 Å². The van der Waals surface area contributed by atoms with E-state index < -0.39 is 0 Å². The van der Waals surface area contributed by atoms with Gasteiger partial charge in [-0.15, -0.1) is 0 Å². The van der Waals surface area contributed by atoms with Crippen molar-refractivity contribution in [3.63, 3.8) is 0 Å². The summed E-state index contributed by atoms with van der Waals surface area (Å²) < 4.78 is 0.205. The van der Waals surface area contributed by atoms with Gasteiger partial charge >= 0.3 is 0 Å². The van der Waals surface area contributed by atoms with E-state index in [1.807, 2.05) is 11.8 Å². The van der Waals surface area contributed by atoms with Gasteiger partial charge in [0, 0.05) is 49.8 Å². The molecule has 0 aromatic carbocycles. The average Bonchev–Trinajstić information content (AvgIpc) is 2.37. The Hall–Kier alpha value is -0.260. The van der Waals surface area contributed by atoms with E-state index in [0.29, 0.717) is 5.91 Å². The summed E-state index contributed by atoms with van der Waals surface area (Å²) in [6.45, 7) is 12.3. The molecule has 0 radical (unpaired) electrons. The second-order valence-electron chi connectivity index (χ2n) is 5.83. The van der Waals surface area contributed by atoms with Crippen LogP contribution in [0.3, 0.4) is 0 Å². The van der Waals surface area contributed by atoms with Crippen LogP contribution in [-0.2, 0) is 4.79 Å². The van der Waals surface area contributed by atoms with Crippen molar-refractivity contribution in [2.45, 2.75) is 31.6 Å². The molecule has 2 saturated heterocycles. The molecular weight excluding hydrogens is 246 g/mol. The lowest BCUT2D eigenvalue weighted by Gasteiger charge is -2.41. The SMILES string of the molecule is CC(C(=O)N1CCSC(C)(C)C1)N1CCNCC1. The van der Waals surface area contributed by atoms with E-state index in [9.17, 15) is 4.79 Å². The van der Waals surface area contributed by atoms with Gasteiger partial charge in [0.1, 0.15) is 0 Å². The smallest absolute Gasteiger partial charge is 0.239 e. The van der Waals surface area contributed by atoms with Gasteiger partial charge in [-0.05, 0) is 20.8 Å². The highest BCUT2D eigenvalue weighted by Gasteiger charge is 2.33. The van der Waals surface area contributed by atoms with Gasteiger partial charge in [0.15, 0.2) is 0 Å². The zero-order chi connectivity index (χ0) is 13.2. The van der Waals surface area contributed by atoms with E-state index in [2.05, 4.69) is 35.9 Å². The van der Waals surface area contributed by atoms with Gasteiger partial charge < -0.3 is 10.2 Å². The lowest BCUT2D eigenvalue weighted by Crippen LogP contribution is -2.56. The molecule has 18 heavy (non-hydrogen) atoms. The minimum atomic E-state index is 0.0333. The molecule has 1 atom stereocenters. The molecule has 104 valence electrons. The van der Waals surface area contributed by atoms with Crippen LogP contribution >= 0.6 is 11.8 Å². The maximum atomic E-state index is 12.5. The Balaban J connectivity index is 1.93.